The van der Waals surface area contributed by atoms with Crippen LogP contribution in [0.25, 0.3) is 0 Å². The van der Waals surface area contributed by atoms with Gasteiger partial charge < -0.3 is 9.88 Å². The van der Waals surface area contributed by atoms with Gasteiger partial charge in [-0.05, 0) is 81.7 Å². The highest BCUT2D eigenvalue weighted by Gasteiger charge is 2.13. The molecule has 0 fully saturated rings. The van der Waals surface area contributed by atoms with Gasteiger partial charge in [-0.1, -0.05) is 6.92 Å². The van der Waals surface area contributed by atoms with E-state index in [9.17, 15) is 4.79 Å². The number of hydrogen-bond donors (Lipinski definition) is 1. The molecule has 1 aromatic heterocycles. The number of aryl methyl sites for hydroxylation is 2. The third kappa shape index (κ3) is 3.63. The van der Waals surface area contributed by atoms with E-state index >= 15 is 0 Å². The van der Waals surface area contributed by atoms with E-state index in [1.54, 1.807) is 0 Å². The normalized spacial score (nSPS) is 10.6. The van der Waals surface area contributed by atoms with Crippen LogP contribution in [-0.4, -0.2) is 10.5 Å². The highest BCUT2D eigenvalue weighted by Crippen LogP contribution is 2.20. The Kier molecular flexibility index (Phi) is 5.26. The number of aromatic nitrogens is 1. The van der Waals surface area contributed by atoms with Crippen LogP contribution in [0.3, 0.4) is 0 Å². The van der Waals surface area contributed by atoms with Gasteiger partial charge in [0, 0.05) is 26.5 Å². The molecule has 1 N–H and O–H groups in total. The largest absolute Gasteiger partial charge is 0.342 e. The average molecular weight is 447 g/mol. The van der Waals surface area contributed by atoms with Crippen molar-refractivity contribution in [1.29, 1.82) is 0 Å². The molecule has 2 rings (SSSR count). The van der Waals surface area contributed by atoms with E-state index in [4.69, 9.17) is 0 Å². The van der Waals surface area contributed by atoms with Gasteiger partial charge in [0.1, 0.15) is 5.69 Å². The monoisotopic (exact) mass is 446 g/mol. The molecule has 0 spiro atoms. The first-order valence-corrected chi connectivity index (χ1v) is 8.31. The summed E-state index contributed by atoms with van der Waals surface area (Å²) >= 11 is 5.69. The molecule has 0 atom stereocenters. The Hall–Kier alpha value is -0.820. The van der Waals surface area contributed by atoms with Crippen molar-refractivity contribution in [3.8, 4) is 0 Å². The number of hydrogen-bond acceptors (Lipinski definition) is 1. The summed E-state index contributed by atoms with van der Waals surface area (Å²) < 4.78 is 4.06. The Morgan fingerprint density at radius 2 is 2.15 bits per heavy atom. The van der Waals surface area contributed by atoms with Gasteiger partial charge in [0.25, 0.3) is 5.91 Å². The predicted octanol–water partition coefficient (Wildman–Crippen LogP) is 4.83. The smallest absolute Gasteiger partial charge is 0.272 e. The summed E-state index contributed by atoms with van der Waals surface area (Å²) in [6.45, 7) is 4.93. The molecule has 0 saturated carbocycles. The van der Waals surface area contributed by atoms with Crippen molar-refractivity contribution >= 4 is 50.1 Å². The van der Waals surface area contributed by atoms with Crippen LogP contribution in [-0.2, 0) is 6.54 Å². The standard InChI is InChI=1S/C15H16BrIN2O/c1-3-6-19-9-11(16)8-14(19)15(20)18-13-5-4-12(17)7-10(13)2/h4-5,7-9H,3,6H2,1-2H3,(H,18,20). The van der Waals surface area contributed by atoms with Crippen LogP contribution in [0.5, 0.6) is 0 Å². The Labute approximate surface area is 141 Å². The molecule has 0 aliphatic carbocycles. The van der Waals surface area contributed by atoms with Gasteiger partial charge in [0.15, 0.2) is 0 Å². The minimum atomic E-state index is -0.0755. The van der Waals surface area contributed by atoms with Crippen LogP contribution in [0.1, 0.15) is 29.4 Å². The number of nitrogens with zero attached hydrogens (tertiary/aromatic N) is 1. The second kappa shape index (κ2) is 6.76. The molecule has 106 valence electrons. The molecule has 0 unspecified atom stereocenters. The number of nitrogens with one attached hydrogen (secondary N) is 1. The number of rotatable bonds is 4. The molecule has 0 bridgehead atoms. The lowest BCUT2D eigenvalue weighted by Crippen LogP contribution is -2.17. The molecule has 0 aliphatic heterocycles. The maximum absolute atomic E-state index is 12.4. The summed E-state index contributed by atoms with van der Waals surface area (Å²) in [6.07, 6.45) is 2.93. The van der Waals surface area contributed by atoms with Gasteiger partial charge in [-0.3, -0.25) is 4.79 Å². The summed E-state index contributed by atoms with van der Waals surface area (Å²) in [5.41, 5.74) is 2.60. The summed E-state index contributed by atoms with van der Waals surface area (Å²) in [7, 11) is 0. The first kappa shape index (κ1) is 15.6. The number of halogens is 2. The van der Waals surface area contributed by atoms with Gasteiger partial charge in [-0.2, -0.15) is 0 Å². The van der Waals surface area contributed by atoms with Crippen molar-refractivity contribution in [2.45, 2.75) is 26.8 Å². The van der Waals surface area contributed by atoms with E-state index in [2.05, 4.69) is 56.8 Å². The quantitative estimate of drug-likeness (QED) is 0.670. The zero-order chi connectivity index (χ0) is 14.7. The molecular formula is C15H16BrIN2O. The first-order chi connectivity index (χ1) is 9.51. The molecule has 0 saturated heterocycles. The van der Waals surface area contributed by atoms with Crippen molar-refractivity contribution in [1.82, 2.24) is 4.57 Å². The fourth-order valence-electron chi connectivity index (χ4n) is 2.04. The van der Waals surface area contributed by atoms with Gasteiger partial charge >= 0.3 is 0 Å². The Bertz CT molecular complexity index is 637. The summed E-state index contributed by atoms with van der Waals surface area (Å²) in [5, 5.41) is 2.98. The maximum atomic E-state index is 12.4. The zero-order valence-corrected chi connectivity index (χ0v) is 15.2. The SMILES string of the molecule is CCCn1cc(Br)cc1C(=O)Nc1ccc(I)cc1C. The minimum Gasteiger partial charge on any atom is -0.342 e. The molecular weight excluding hydrogens is 431 g/mol. The van der Waals surface area contributed by atoms with Gasteiger partial charge in [0.2, 0.25) is 0 Å². The van der Waals surface area contributed by atoms with E-state index in [-0.39, 0.29) is 5.91 Å². The Morgan fingerprint density at radius 3 is 2.80 bits per heavy atom. The van der Waals surface area contributed by atoms with Gasteiger partial charge in [0.05, 0.1) is 0 Å². The second-order valence-corrected chi connectivity index (χ2v) is 6.81. The molecule has 5 heteroatoms. The molecule has 0 aliphatic rings. The third-order valence-electron chi connectivity index (χ3n) is 3.00. The van der Waals surface area contributed by atoms with E-state index in [0.717, 1.165) is 32.3 Å². The lowest BCUT2D eigenvalue weighted by atomic mass is 10.2. The van der Waals surface area contributed by atoms with Crippen LogP contribution < -0.4 is 5.32 Å². The molecule has 3 nitrogen and oxygen atoms in total. The molecule has 1 heterocycles. The van der Waals surface area contributed by atoms with E-state index in [0.29, 0.717) is 5.69 Å². The number of benzene rings is 1. The topological polar surface area (TPSA) is 34.0 Å². The van der Waals surface area contributed by atoms with E-state index in [1.165, 1.54) is 0 Å². The average Bonchev–Trinajstić information content (AvgIpc) is 2.74. The van der Waals surface area contributed by atoms with Crippen molar-refractivity contribution in [2.75, 3.05) is 5.32 Å². The van der Waals surface area contributed by atoms with Crippen LogP contribution in [0.2, 0.25) is 0 Å². The van der Waals surface area contributed by atoms with Crippen LogP contribution >= 0.6 is 38.5 Å². The van der Waals surface area contributed by atoms with Crippen molar-refractivity contribution < 1.29 is 4.79 Å². The van der Waals surface area contributed by atoms with Crippen LogP contribution in [0.4, 0.5) is 5.69 Å². The van der Waals surface area contributed by atoms with Crippen LogP contribution in [0, 0.1) is 10.5 Å². The van der Waals surface area contributed by atoms with Crippen molar-refractivity contribution in [3.05, 3.63) is 49.8 Å². The number of carbonyl (C=O) groups is 1. The third-order valence-corrected chi connectivity index (χ3v) is 4.10. The van der Waals surface area contributed by atoms with E-state index < -0.39 is 0 Å². The highest BCUT2D eigenvalue weighted by atomic mass is 127. The molecule has 20 heavy (non-hydrogen) atoms. The Morgan fingerprint density at radius 1 is 1.40 bits per heavy atom. The van der Waals surface area contributed by atoms with Crippen molar-refractivity contribution in [3.63, 3.8) is 0 Å². The molecule has 2 aromatic rings. The lowest BCUT2D eigenvalue weighted by molar-refractivity contribution is 0.101. The summed E-state index contributed by atoms with van der Waals surface area (Å²) in [4.78, 5) is 12.4. The predicted molar refractivity (Wildman–Crippen MR) is 94.3 cm³/mol. The Balaban J connectivity index is 2.23. The number of carbonyl (C=O) groups excluding carboxylic acids is 1. The van der Waals surface area contributed by atoms with E-state index in [1.807, 2.05) is 35.9 Å². The zero-order valence-electron chi connectivity index (χ0n) is 11.4. The first-order valence-electron chi connectivity index (χ1n) is 6.44. The maximum Gasteiger partial charge on any atom is 0.272 e. The molecule has 1 aromatic carbocycles. The van der Waals surface area contributed by atoms with Gasteiger partial charge in [-0.25, -0.2) is 0 Å². The summed E-state index contributed by atoms with van der Waals surface area (Å²) in [6, 6.07) is 7.84. The van der Waals surface area contributed by atoms with Gasteiger partial charge in [-0.15, -0.1) is 0 Å². The highest BCUT2D eigenvalue weighted by molar-refractivity contribution is 14.1. The molecule has 0 radical (unpaired) electrons. The summed E-state index contributed by atoms with van der Waals surface area (Å²) in [5.74, 6) is -0.0755. The van der Waals surface area contributed by atoms with Crippen molar-refractivity contribution in [2.24, 2.45) is 0 Å². The lowest BCUT2D eigenvalue weighted by Gasteiger charge is -2.11. The fourth-order valence-corrected chi connectivity index (χ4v) is 3.16. The van der Waals surface area contributed by atoms with Crippen LogP contribution in [0.15, 0.2) is 34.9 Å². The molecule has 1 amide bonds. The number of anilines is 1. The number of amides is 1. The fraction of sp³-hybridized carbons (Fsp3) is 0.267. The minimum absolute atomic E-state index is 0.0755. The second-order valence-electron chi connectivity index (χ2n) is 4.65.